The third-order valence-electron chi connectivity index (χ3n) is 4.72. The van der Waals surface area contributed by atoms with Crippen LogP contribution in [0.2, 0.25) is 4.34 Å². The van der Waals surface area contributed by atoms with Crippen molar-refractivity contribution in [3.05, 3.63) is 32.5 Å². The average Bonchev–Trinajstić information content (AvgIpc) is 3.36. The lowest BCUT2D eigenvalue weighted by Crippen LogP contribution is -2.42. The molecule has 3 heterocycles. The van der Waals surface area contributed by atoms with Gasteiger partial charge in [0.05, 0.1) is 16.5 Å². The van der Waals surface area contributed by atoms with Crippen LogP contribution in [0.3, 0.4) is 0 Å². The van der Waals surface area contributed by atoms with E-state index < -0.39 is 27.9 Å². The predicted octanol–water partition coefficient (Wildman–Crippen LogP) is 4.05. The minimum atomic E-state index is -3.82. The maximum Gasteiger partial charge on any atom is 0.341 e. The van der Waals surface area contributed by atoms with Crippen molar-refractivity contribution in [2.24, 2.45) is 0 Å². The fourth-order valence-electron chi connectivity index (χ4n) is 3.20. The number of carbonyl (C=O) groups is 2. The van der Waals surface area contributed by atoms with Gasteiger partial charge in [-0.1, -0.05) is 11.6 Å². The Balaban J connectivity index is 1.86. The predicted molar refractivity (Wildman–Crippen MR) is 115 cm³/mol. The molecule has 1 unspecified atom stereocenters. The molecule has 1 saturated heterocycles. The van der Waals surface area contributed by atoms with Crippen LogP contribution in [0.5, 0.6) is 0 Å². The van der Waals surface area contributed by atoms with Crippen LogP contribution >= 0.6 is 34.3 Å². The van der Waals surface area contributed by atoms with Gasteiger partial charge in [-0.3, -0.25) is 4.79 Å². The molecule has 3 rings (SSSR count). The smallest absolute Gasteiger partial charge is 0.341 e. The third kappa shape index (κ3) is 4.36. The normalized spacial score (nSPS) is 17.4. The molecule has 1 fully saturated rings. The Morgan fingerprint density at radius 1 is 1.31 bits per heavy atom. The quantitative estimate of drug-likeness (QED) is 0.635. The summed E-state index contributed by atoms with van der Waals surface area (Å²) in [6.45, 7) is 5.83. The van der Waals surface area contributed by atoms with Crippen LogP contribution in [0, 0.1) is 13.8 Å². The Bertz CT molecular complexity index is 1040. The van der Waals surface area contributed by atoms with E-state index in [1.165, 1.54) is 27.8 Å². The topological polar surface area (TPSA) is 92.8 Å². The van der Waals surface area contributed by atoms with Crippen LogP contribution < -0.4 is 5.32 Å². The molecule has 29 heavy (non-hydrogen) atoms. The number of rotatable bonds is 6. The van der Waals surface area contributed by atoms with Crippen LogP contribution in [0.1, 0.15) is 40.6 Å². The van der Waals surface area contributed by atoms with Crippen molar-refractivity contribution < 1.29 is 22.7 Å². The SMILES string of the molecule is CCOC(=O)c1c(NC(=O)C2CCCN2S(=O)(=O)c2ccc(Cl)s2)sc(C)c1C. The van der Waals surface area contributed by atoms with E-state index in [4.69, 9.17) is 16.3 Å². The maximum absolute atomic E-state index is 13.0. The summed E-state index contributed by atoms with van der Waals surface area (Å²) >= 11 is 8.12. The summed E-state index contributed by atoms with van der Waals surface area (Å²) in [6.07, 6.45) is 0.978. The Morgan fingerprint density at radius 3 is 2.66 bits per heavy atom. The van der Waals surface area contributed by atoms with Crippen molar-refractivity contribution in [1.29, 1.82) is 0 Å². The minimum Gasteiger partial charge on any atom is -0.462 e. The minimum absolute atomic E-state index is 0.109. The number of sulfonamides is 1. The van der Waals surface area contributed by atoms with Crippen LogP contribution in [0.4, 0.5) is 5.00 Å². The lowest BCUT2D eigenvalue weighted by Gasteiger charge is -2.22. The second-order valence-electron chi connectivity index (χ2n) is 6.53. The van der Waals surface area contributed by atoms with E-state index in [1.54, 1.807) is 13.8 Å². The number of hydrogen-bond donors (Lipinski definition) is 1. The van der Waals surface area contributed by atoms with Gasteiger partial charge in [-0.15, -0.1) is 22.7 Å². The molecule has 1 amide bonds. The average molecular weight is 477 g/mol. The number of thiophene rings is 2. The standard InChI is InChI=1S/C18H21ClN2O5S3/c1-4-26-18(23)15-10(2)11(3)27-17(15)20-16(22)12-6-5-9-21(12)29(24,25)14-8-7-13(19)28-14/h7-8,12H,4-6,9H2,1-3H3,(H,20,22). The summed E-state index contributed by atoms with van der Waals surface area (Å²) in [6, 6.07) is 2.12. The number of aryl methyl sites for hydroxylation is 1. The van der Waals surface area contributed by atoms with E-state index in [2.05, 4.69) is 5.32 Å². The molecular weight excluding hydrogens is 456 g/mol. The molecule has 0 saturated carbocycles. The van der Waals surface area contributed by atoms with Gasteiger partial charge in [-0.25, -0.2) is 13.2 Å². The van der Waals surface area contributed by atoms with Crippen molar-refractivity contribution >= 4 is 61.2 Å². The maximum atomic E-state index is 13.0. The number of halogens is 1. The zero-order valence-electron chi connectivity index (χ0n) is 16.2. The van der Waals surface area contributed by atoms with Crippen molar-refractivity contribution in [2.75, 3.05) is 18.5 Å². The summed E-state index contributed by atoms with van der Waals surface area (Å²) in [4.78, 5) is 26.2. The number of hydrogen-bond acceptors (Lipinski definition) is 7. The molecule has 7 nitrogen and oxygen atoms in total. The lowest BCUT2D eigenvalue weighted by atomic mass is 10.1. The molecule has 1 aliphatic heterocycles. The van der Waals surface area contributed by atoms with Gasteiger partial charge in [0, 0.05) is 11.4 Å². The number of esters is 1. The van der Waals surface area contributed by atoms with Gasteiger partial charge >= 0.3 is 5.97 Å². The van der Waals surface area contributed by atoms with Crippen LogP contribution in [0.15, 0.2) is 16.3 Å². The molecule has 0 aliphatic carbocycles. The second kappa shape index (κ2) is 8.73. The molecule has 0 radical (unpaired) electrons. The fraction of sp³-hybridized carbons (Fsp3) is 0.444. The largest absolute Gasteiger partial charge is 0.462 e. The number of nitrogens with zero attached hydrogens (tertiary/aromatic N) is 1. The van der Waals surface area contributed by atoms with Gasteiger partial charge in [0.15, 0.2) is 0 Å². The molecule has 2 aromatic rings. The summed E-state index contributed by atoms with van der Waals surface area (Å²) in [5, 5.41) is 3.14. The molecule has 1 atom stereocenters. The second-order valence-corrected chi connectivity index (χ2v) is 11.6. The molecule has 1 N–H and O–H groups in total. The van der Waals surface area contributed by atoms with E-state index in [9.17, 15) is 18.0 Å². The Kier molecular flexibility index (Phi) is 6.69. The first-order chi connectivity index (χ1) is 13.7. The van der Waals surface area contributed by atoms with Gasteiger partial charge < -0.3 is 10.1 Å². The molecular formula is C18H21ClN2O5S3. The van der Waals surface area contributed by atoms with Crippen molar-refractivity contribution in [1.82, 2.24) is 4.31 Å². The zero-order chi connectivity index (χ0) is 21.3. The summed E-state index contributed by atoms with van der Waals surface area (Å²) in [5.41, 5.74) is 1.06. The van der Waals surface area contributed by atoms with Gasteiger partial charge in [0.2, 0.25) is 5.91 Å². The third-order valence-corrected chi connectivity index (χ3v) is 9.45. The van der Waals surface area contributed by atoms with Crippen molar-refractivity contribution in [2.45, 2.75) is 43.9 Å². The number of anilines is 1. The first-order valence-electron chi connectivity index (χ1n) is 9.02. The Labute approximate surface area is 182 Å². The van der Waals surface area contributed by atoms with E-state index in [-0.39, 0.29) is 17.4 Å². The number of amides is 1. The van der Waals surface area contributed by atoms with Crippen LogP contribution in [0.25, 0.3) is 0 Å². The Morgan fingerprint density at radius 2 is 2.03 bits per heavy atom. The molecule has 158 valence electrons. The monoisotopic (exact) mass is 476 g/mol. The molecule has 11 heteroatoms. The number of carbonyl (C=O) groups excluding carboxylic acids is 2. The van der Waals surface area contributed by atoms with Crippen molar-refractivity contribution in [3.63, 3.8) is 0 Å². The summed E-state index contributed by atoms with van der Waals surface area (Å²) in [5.74, 6) is -0.964. The van der Waals surface area contributed by atoms with E-state index in [0.717, 1.165) is 21.8 Å². The Hall–Kier alpha value is -1.46. The van der Waals surface area contributed by atoms with E-state index >= 15 is 0 Å². The lowest BCUT2D eigenvalue weighted by molar-refractivity contribution is -0.119. The molecule has 1 aliphatic rings. The highest BCUT2D eigenvalue weighted by molar-refractivity contribution is 7.91. The van der Waals surface area contributed by atoms with Crippen LogP contribution in [-0.4, -0.2) is 43.8 Å². The molecule has 0 spiro atoms. The van der Waals surface area contributed by atoms with Gasteiger partial charge in [-0.2, -0.15) is 4.31 Å². The first kappa shape index (κ1) is 22.2. The highest BCUT2D eigenvalue weighted by Crippen LogP contribution is 2.35. The highest BCUT2D eigenvalue weighted by Gasteiger charge is 2.40. The van der Waals surface area contributed by atoms with Gasteiger partial charge in [0.1, 0.15) is 15.3 Å². The number of nitrogens with one attached hydrogen (secondary N) is 1. The van der Waals surface area contributed by atoms with Gasteiger partial charge in [0.25, 0.3) is 10.0 Å². The van der Waals surface area contributed by atoms with E-state index in [0.29, 0.717) is 27.7 Å². The van der Waals surface area contributed by atoms with Gasteiger partial charge in [-0.05, 0) is 51.3 Å². The fourth-order valence-corrected chi connectivity index (χ4v) is 7.52. The zero-order valence-corrected chi connectivity index (χ0v) is 19.4. The first-order valence-corrected chi connectivity index (χ1v) is 12.5. The summed E-state index contributed by atoms with van der Waals surface area (Å²) < 4.78 is 32.7. The highest BCUT2D eigenvalue weighted by atomic mass is 35.5. The summed E-state index contributed by atoms with van der Waals surface area (Å²) in [7, 11) is -3.82. The molecule has 0 bridgehead atoms. The number of ether oxygens (including phenoxy) is 1. The molecule has 2 aromatic heterocycles. The molecule has 0 aromatic carbocycles. The van der Waals surface area contributed by atoms with E-state index in [1.807, 2.05) is 6.92 Å². The van der Waals surface area contributed by atoms with Crippen molar-refractivity contribution in [3.8, 4) is 0 Å². The van der Waals surface area contributed by atoms with Crippen LogP contribution in [-0.2, 0) is 19.6 Å².